The van der Waals surface area contributed by atoms with Crippen LogP contribution in [-0.4, -0.2) is 39.2 Å². The van der Waals surface area contributed by atoms with Gasteiger partial charge in [-0.1, -0.05) is 26.8 Å². The van der Waals surface area contributed by atoms with Crippen molar-refractivity contribution in [1.29, 1.82) is 0 Å². The highest BCUT2D eigenvalue weighted by molar-refractivity contribution is 5.81. The van der Waals surface area contributed by atoms with E-state index in [0.29, 0.717) is 37.1 Å². The number of nitrogens with one attached hydrogen (secondary N) is 2. The lowest BCUT2D eigenvalue weighted by Crippen LogP contribution is -2.41. The van der Waals surface area contributed by atoms with Crippen LogP contribution in [0.15, 0.2) is 23.2 Å². The maximum atomic E-state index is 11.7. The topological polar surface area (TPSA) is 98.0 Å². The molecule has 0 aromatic heterocycles. The fraction of sp³-hybridized carbons (Fsp3) is 0.529. The second kappa shape index (κ2) is 9.00. The van der Waals surface area contributed by atoms with E-state index in [2.05, 4.69) is 15.6 Å². The molecule has 7 heteroatoms. The lowest BCUT2D eigenvalue weighted by molar-refractivity contribution is -0.128. The highest BCUT2D eigenvalue weighted by Gasteiger charge is 2.20. The predicted molar refractivity (Wildman–Crippen MR) is 95.3 cm³/mol. The first-order valence-corrected chi connectivity index (χ1v) is 7.81. The van der Waals surface area contributed by atoms with Crippen LogP contribution in [0.4, 0.5) is 0 Å². The number of aliphatic imine (C=N–C) groups is 1. The molecule has 0 fully saturated rings. The summed E-state index contributed by atoms with van der Waals surface area (Å²) in [5.74, 6) is 1.66. The number of nitrogens with two attached hydrogens (primary N) is 1. The molecular weight excluding hydrogens is 308 g/mol. The lowest BCUT2D eigenvalue weighted by atomic mass is 9.96. The van der Waals surface area contributed by atoms with Gasteiger partial charge in [0.2, 0.25) is 5.91 Å². The Morgan fingerprint density at radius 3 is 2.33 bits per heavy atom. The number of amides is 1. The van der Waals surface area contributed by atoms with E-state index in [0.717, 1.165) is 5.56 Å². The Balaban J connectivity index is 2.43. The quantitative estimate of drug-likeness (QED) is 0.396. The third kappa shape index (κ3) is 6.36. The molecule has 0 saturated heterocycles. The number of ether oxygens (including phenoxy) is 2. The molecule has 4 N–H and O–H groups in total. The first kappa shape index (κ1) is 19.6. The minimum absolute atomic E-state index is 0.00476. The molecule has 134 valence electrons. The fourth-order valence-corrected chi connectivity index (χ4v) is 1.84. The van der Waals surface area contributed by atoms with Crippen molar-refractivity contribution < 1.29 is 14.3 Å². The van der Waals surface area contributed by atoms with Gasteiger partial charge in [0.05, 0.1) is 20.8 Å². The molecule has 0 aliphatic rings. The summed E-state index contributed by atoms with van der Waals surface area (Å²) in [6, 6.07) is 5.59. The molecule has 1 rings (SSSR count). The zero-order chi connectivity index (χ0) is 18.2. The number of carbonyl (C=O) groups is 1. The summed E-state index contributed by atoms with van der Waals surface area (Å²) in [5, 5.41) is 5.81. The van der Waals surface area contributed by atoms with Crippen molar-refractivity contribution in [3.63, 3.8) is 0 Å². The fourth-order valence-electron chi connectivity index (χ4n) is 1.84. The molecule has 0 radical (unpaired) electrons. The zero-order valence-corrected chi connectivity index (χ0v) is 15.1. The van der Waals surface area contributed by atoms with Crippen LogP contribution in [0.5, 0.6) is 11.5 Å². The maximum Gasteiger partial charge on any atom is 0.225 e. The molecule has 1 amide bonds. The summed E-state index contributed by atoms with van der Waals surface area (Å²) in [6.07, 6.45) is 0. The third-order valence-corrected chi connectivity index (χ3v) is 3.28. The molecule has 0 unspecified atom stereocenters. The van der Waals surface area contributed by atoms with Crippen LogP contribution in [0.3, 0.4) is 0 Å². The zero-order valence-electron chi connectivity index (χ0n) is 15.1. The van der Waals surface area contributed by atoms with Crippen LogP contribution in [-0.2, 0) is 11.3 Å². The molecule has 0 heterocycles. The Bertz CT molecular complexity index is 580. The molecule has 0 aliphatic carbocycles. The number of benzene rings is 1. The summed E-state index contributed by atoms with van der Waals surface area (Å²) < 4.78 is 10.4. The number of methoxy groups -OCH3 is 2. The normalized spacial score (nSPS) is 11.8. The van der Waals surface area contributed by atoms with Gasteiger partial charge in [0.15, 0.2) is 17.5 Å². The van der Waals surface area contributed by atoms with Gasteiger partial charge >= 0.3 is 0 Å². The van der Waals surface area contributed by atoms with E-state index in [9.17, 15) is 4.79 Å². The monoisotopic (exact) mass is 336 g/mol. The van der Waals surface area contributed by atoms with Gasteiger partial charge in [-0.2, -0.15) is 0 Å². The summed E-state index contributed by atoms with van der Waals surface area (Å²) in [6.45, 7) is 7.04. The van der Waals surface area contributed by atoms with Gasteiger partial charge in [0.25, 0.3) is 0 Å². The van der Waals surface area contributed by atoms with Gasteiger partial charge in [0.1, 0.15) is 0 Å². The second-order valence-corrected chi connectivity index (χ2v) is 6.32. The molecule has 0 aliphatic heterocycles. The number of hydrogen-bond donors (Lipinski definition) is 3. The van der Waals surface area contributed by atoms with Gasteiger partial charge in [-0.05, 0) is 17.7 Å². The molecule has 0 saturated carbocycles. The Morgan fingerprint density at radius 2 is 1.75 bits per heavy atom. The standard InChI is InChI=1S/C17H28N4O3/c1-17(2,3)15(22)19-8-9-20-16(18)21-11-12-6-7-13(23-4)14(10-12)24-5/h6-7,10H,8-9,11H2,1-5H3,(H,19,22)(H3,18,20,21). The van der Waals surface area contributed by atoms with E-state index in [1.165, 1.54) is 0 Å². The van der Waals surface area contributed by atoms with Crippen LogP contribution >= 0.6 is 0 Å². The van der Waals surface area contributed by atoms with Crippen molar-refractivity contribution in [2.75, 3.05) is 27.3 Å². The molecule has 0 bridgehead atoms. The van der Waals surface area contributed by atoms with E-state index >= 15 is 0 Å². The van der Waals surface area contributed by atoms with E-state index in [1.807, 2.05) is 39.0 Å². The summed E-state index contributed by atoms with van der Waals surface area (Å²) in [5.41, 5.74) is 6.38. The van der Waals surface area contributed by atoms with Gasteiger partial charge < -0.3 is 25.8 Å². The van der Waals surface area contributed by atoms with Crippen molar-refractivity contribution in [3.05, 3.63) is 23.8 Å². The molecule has 1 aromatic rings. The Kier molecular flexibility index (Phi) is 7.35. The second-order valence-electron chi connectivity index (χ2n) is 6.32. The van der Waals surface area contributed by atoms with Gasteiger partial charge in [0, 0.05) is 18.5 Å². The van der Waals surface area contributed by atoms with Crippen molar-refractivity contribution in [2.24, 2.45) is 16.1 Å². The number of rotatable bonds is 7. The number of carbonyl (C=O) groups excluding carboxylic acids is 1. The minimum Gasteiger partial charge on any atom is -0.493 e. The third-order valence-electron chi connectivity index (χ3n) is 3.28. The van der Waals surface area contributed by atoms with Crippen molar-refractivity contribution in [1.82, 2.24) is 10.6 Å². The van der Waals surface area contributed by atoms with Crippen LogP contribution in [0.1, 0.15) is 26.3 Å². The maximum absolute atomic E-state index is 11.7. The summed E-state index contributed by atoms with van der Waals surface area (Å²) in [4.78, 5) is 16.0. The van der Waals surface area contributed by atoms with E-state index in [4.69, 9.17) is 15.2 Å². The molecule has 7 nitrogen and oxygen atoms in total. The van der Waals surface area contributed by atoms with Gasteiger partial charge in [-0.25, -0.2) is 4.99 Å². The average molecular weight is 336 g/mol. The number of guanidine groups is 1. The van der Waals surface area contributed by atoms with Crippen molar-refractivity contribution >= 4 is 11.9 Å². The first-order valence-electron chi connectivity index (χ1n) is 7.81. The molecule has 24 heavy (non-hydrogen) atoms. The molecule has 1 aromatic carbocycles. The van der Waals surface area contributed by atoms with Crippen LogP contribution in [0.2, 0.25) is 0 Å². The highest BCUT2D eigenvalue weighted by atomic mass is 16.5. The smallest absolute Gasteiger partial charge is 0.225 e. The Labute approximate surface area is 143 Å². The molecular formula is C17H28N4O3. The Hall–Kier alpha value is -2.44. The molecule has 0 atom stereocenters. The number of nitrogens with zero attached hydrogens (tertiary/aromatic N) is 1. The number of hydrogen-bond acceptors (Lipinski definition) is 4. The van der Waals surface area contributed by atoms with Gasteiger partial charge in [-0.15, -0.1) is 0 Å². The van der Waals surface area contributed by atoms with Crippen molar-refractivity contribution in [2.45, 2.75) is 27.3 Å². The van der Waals surface area contributed by atoms with E-state index < -0.39 is 5.41 Å². The van der Waals surface area contributed by atoms with Crippen LogP contribution < -0.4 is 25.8 Å². The lowest BCUT2D eigenvalue weighted by Gasteiger charge is -2.17. The van der Waals surface area contributed by atoms with Crippen molar-refractivity contribution in [3.8, 4) is 11.5 Å². The van der Waals surface area contributed by atoms with Gasteiger partial charge in [-0.3, -0.25) is 4.79 Å². The largest absolute Gasteiger partial charge is 0.493 e. The average Bonchev–Trinajstić information content (AvgIpc) is 2.55. The van der Waals surface area contributed by atoms with E-state index in [-0.39, 0.29) is 5.91 Å². The minimum atomic E-state index is -0.396. The summed E-state index contributed by atoms with van der Waals surface area (Å²) in [7, 11) is 3.18. The van der Waals surface area contributed by atoms with Crippen LogP contribution in [0, 0.1) is 5.41 Å². The summed E-state index contributed by atoms with van der Waals surface area (Å²) >= 11 is 0. The van der Waals surface area contributed by atoms with E-state index in [1.54, 1.807) is 14.2 Å². The molecule has 0 spiro atoms. The Morgan fingerprint density at radius 1 is 1.12 bits per heavy atom. The predicted octanol–water partition coefficient (Wildman–Crippen LogP) is 1.27. The SMILES string of the molecule is COc1ccc(CN=C(N)NCCNC(=O)C(C)(C)C)cc1OC. The first-order chi connectivity index (χ1) is 11.3. The van der Waals surface area contributed by atoms with Crippen LogP contribution in [0.25, 0.3) is 0 Å². The highest BCUT2D eigenvalue weighted by Crippen LogP contribution is 2.27.